The summed E-state index contributed by atoms with van der Waals surface area (Å²) >= 11 is 0. The van der Waals surface area contributed by atoms with E-state index in [1.165, 1.54) is 19.9 Å². The number of halogens is 5. The molecule has 0 radical (unpaired) electrons. The van der Waals surface area contributed by atoms with Crippen molar-refractivity contribution >= 4 is 0 Å². The van der Waals surface area contributed by atoms with Crippen LogP contribution in [0.15, 0.2) is 11.6 Å². The van der Waals surface area contributed by atoms with Gasteiger partial charge >= 0.3 is 12.1 Å². The summed E-state index contributed by atoms with van der Waals surface area (Å²) in [5, 5.41) is 0. The van der Waals surface area contributed by atoms with E-state index in [1.807, 2.05) is 0 Å². The molecule has 0 amide bonds. The van der Waals surface area contributed by atoms with E-state index in [-0.39, 0.29) is 5.57 Å². The van der Waals surface area contributed by atoms with E-state index in [1.54, 1.807) is 0 Å². The van der Waals surface area contributed by atoms with Crippen LogP contribution in [0.3, 0.4) is 0 Å². The monoisotopic (exact) mass is 188 g/mol. The Bertz CT molecular complexity index is 177. The van der Waals surface area contributed by atoms with Crippen molar-refractivity contribution in [2.45, 2.75) is 32.4 Å². The van der Waals surface area contributed by atoms with Gasteiger partial charge in [0.25, 0.3) is 0 Å². The van der Waals surface area contributed by atoms with Crippen LogP contribution in [-0.4, -0.2) is 12.1 Å². The molecule has 12 heavy (non-hydrogen) atoms. The first-order chi connectivity index (χ1) is 5.20. The molecule has 0 rings (SSSR count). The van der Waals surface area contributed by atoms with Crippen LogP contribution in [0.25, 0.3) is 0 Å². The lowest BCUT2D eigenvalue weighted by atomic mass is 10.1. The van der Waals surface area contributed by atoms with Gasteiger partial charge in [-0.2, -0.15) is 22.0 Å². The minimum Gasteiger partial charge on any atom is -0.196 e. The van der Waals surface area contributed by atoms with Gasteiger partial charge in [-0.25, -0.2) is 0 Å². The highest BCUT2D eigenvalue weighted by atomic mass is 19.4. The van der Waals surface area contributed by atoms with Crippen molar-refractivity contribution in [1.29, 1.82) is 0 Å². The largest absolute Gasteiger partial charge is 0.453 e. The third-order valence-electron chi connectivity index (χ3n) is 1.41. The fourth-order valence-electron chi connectivity index (χ4n) is 0.552. The molecule has 0 saturated heterocycles. The molecule has 0 fully saturated rings. The molecule has 0 aliphatic heterocycles. The summed E-state index contributed by atoms with van der Waals surface area (Å²) in [7, 11) is 0. The second-order valence-electron chi connectivity index (χ2n) is 2.51. The molecule has 0 saturated carbocycles. The summed E-state index contributed by atoms with van der Waals surface area (Å²) < 4.78 is 59.1. The van der Waals surface area contributed by atoms with Gasteiger partial charge in [-0.3, -0.25) is 0 Å². The van der Waals surface area contributed by atoms with Gasteiger partial charge in [-0.15, -0.1) is 0 Å². The van der Waals surface area contributed by atoms with Crippen LogP contribution in [0.4, 0.5) is 22.0 Å². The second-order valence-corrected chi connectivity index (χ2v) is 2.51. The van der Waals surface area contributed by atoms with Crippen molar-refractivity contribution < 1.29 is 22.0 Å². The first-order valence-electron chi connectivity index (χ1n) is 3.27. The smallest absolute Gasteiger partial charge is 0.196 e. The van der Waals surface area contributed by atoms with Crippen molar-refractivity contribution in [2.75, 3.05) is 0 Å². The molecular weight excluding hydrogens is 179 g/mol. The van der Waals surface area contributed by atoms with Gasteiger partial charge in [0.05, 0.1) is 0 Å². The molecule has 72 valence electrons. The number of allylic oxidation sites excluding steroid dienone is 2. The van der Waals surface area contributed by atoms with Crippen LogP contribution in [0.5, 0.6) is 0 Å². The maximum absolute atomic E-state index is 12.2. The lowest BCUT2D eigenvalue weighted by Crippen LogP contribution is -2.36. The Kier molecular flexibility index (Phi) is 3.24. The predicted molar refractivity (Wildman–Crippen MR) is 35.0 cm³/mol. The van der Waals surface area contributed by atoms with Gasteiger partial charge in [0.15, 0.2) is 0 Å². The normalized spacial score (nSPS) is 15.1. The maximum atomic E-state index is 12.2. The first kappa shape index (κ1) is 11.4. The van der Waals surface area contributed by atoms with Crippen molar-refractivity contribution in [3.8, 4) is 0 Å². The molecule has 0 aliphatic rings. The minimum absolute atomic E-state index is 0.0253. The van der Waals surface area contributed by atoms with Crippen LogP contribution in [0, 0.1) is 0 Å². The molecule has 0 bridgehead atoms. The zero-order valence-corrected chi connectivity index (χ0v) is 6.67. The van der Waals surface area contributed by atoms with Crippen molar-refractivity contribution in [3.05, 3.63) is 11.6 Å². The Hall–Kier alpha value is -0.610. The Balaban J connectivity index is 4.44. The standard InChI is InChI=1S/C7H9F5/c1-3-5(2)4-6(8,9)7(10,11)12/h3H,4H2,1-2H3. The third kappa shape index (κ3) is 2.79. The van der Waals surface area contributed by atoms with Crippen molar-refractivity contribution in [1.82, 2.24) is 0 Å². The van der Waals surface area contributed by atoms with Gasteiger partial charge < -0.3 is 0 Å². The second kappa shape index (κ2) is 3.41. The number of hydrogen-bond acceptors (Lipinski definition) is 0. The maximum Gasteiger partial charge on any atom is 0.453 e. The molecule has 0 aromatic carbocycles. The molecule has 0 spiro atoms. The third-order valence-corrected chi connectivity index (χ3v) is 1.41. The van der Waals surface area contributed by atoms with Crippen LogP contribution in [0.2, 0.25) is 0 Å². The van der Waals surface area contributed by atoms with E-state index in [0.717, 1.165) is 0 Å². The van der Waals surface area contributed by atoms with Crippen LogP contribution >= 0.6 is 0 Å². The highest BCUT2D eigenvalue weighted by Crippen LogP contribution is 2.39. The Morgan fingerprint density at radius 1 is 1.17 bits per heavy atom. The summed E-state index contributed by atoms with van der Waals surface area (Å²) in [6.07, 6.45) is -5.47. The van der Waals surface area contributed by atoms with Gasteiger partial charge in [-0.1, -0.05) is 11.6 Å². The van der Waals surface area contributed by atoms with Crippen molar-refractivity contribution in [2.24, 2.45) is 0 Å². The molecule has 0 N–H and O–H groups in total. The minimum atomic E-state index is -5.45. The average molecular weight is 188 g/mol. The lowest BCUT2D eigenvalue weighted by Gasteiger charge is -2.19. The first-order valence-corrected chi connectivity index (χ1v) is 3.27. The summed E-state index contributed by atoms with van der Waals surface area (Å²) in [6, 6.07) is 0. The zero-order chi connectivity index (χ0) is 9.99. The van der Waals surface area contributed by atoms with Gasteiger partial charge in [0, 0.05) is 6.42 Å². The fraction of sp³-hybridized carbons (Fsp3) is 0.714. The quantitative estimate of drug-likeness (QED) is 0.459. The highest BCUT2D eigenvalue weighted by molar-refractivity contribution is 5.01. The van der Waals surface area contributed by atoms with E-state index < -0.39 is 18.5 Å². The Labute approximate surface area is 67.1 Å². The fourth-order valence-corrected chi connectivity index (χ4v) is 0.552. The van der Waals surface area contributed by atoms with E-state index in [9.17, 15) is 22.0 Å². The molecule has 0 aliphatic carbocycles. The molecule has 0 aromatic heterocycles. The molecular formula is C7H9F5. The predicted octanol–water partition coefficient (Wildman–Crippen LogP) is 3.54. The molecule has 0 atom stereocenters. The van der Waals surface area contributed by atoms with Crippen LogP contribution < -0.4 is 0 Å². The Morgan fingerprint density at radius 2 is 1.58 bits per heavy atom. The lowest BCUT2D eigenvalue weighted by molar-refractivity contribution is -0.281. The number of hydrogen-bond donors (Lipinski definition) is 0. The van der Waals surface area contributed by atoms with Crippen LogP contribution in [-0.2, 0) is 0 Å². The van der Waals surface area contributed by atoms with Gasteiger partial charge in [0.2, 0.25) is 0 Å². The zero-order valence-electron chi connectivity index (χ0n) is 6.67. The summed E-state index contributed by atoms with van der Waals surface area (Å²) in [6.45, 7) is 2.65. The molecule has 5 heteroatoms. The van der Waals surface area contributed by atoms with E-state index in [4.69, 9.17) is 0 Å². The molecule has 0 nitrogen and oxygen atoms in total. The van der Waals surface area contributed by atoms with Gasteiger partial charge in [-0.05, 0) is 13.8 Å². The molecule has 0 aromatic rings. The van der Waals surface area contributed by atoms with E-state index >= 15 is 0 Å². The van der Waals surface area contributed by atoms with E-state index in [2.05, 4.69) is 0 Å². The number of rotatable bonds is 2. The van der Waals surface area contributed by atoms with E-state index in [0.29, 0.717) is 0 Å². The van der Waals surface area contributed by atoms with Gasteiger partial charge in [0.1, 0.15) is 0 Å². The summed E-state index contributed by atoms with van der Waals surface area (Å²) in [4.78, 5) is 0. The number of alkyl halides is 5. The summed E-state index contributed by atoms with van der Waals surface area (Å²) in [5.74, 6) is -4.61. The topological polar surface area (TPSA) is 0 Å². The van der Waals surface area contributed by atoms with Crippen LogP contribution in [0.1, 0.15) is 20.3 Å². The Morgan fingerprint density at radius 3 is 1.83 bits per heavy atom. The molecule has 0 unspecified atom stereocenters. The highest BCUT2D eigenvalue weighted by Gasteiger charge is 2.56. The van der Waals surface area contributed by atoms with Crippen molar-refractivity contribution in [3.63, 3.8) is 0 Å². The SMILES string of the molecule is CC=C(C)CC(F)(F)C(F)(F)F. The average Bonchev–Trinajstić information content (AvgIpc) is 1.84. The summed E-state index contributed by atoms with van der Waals surface area (Å²) in [5.41, 5.74) is 0.0253. The molecule has 0 heterocycles.